The lowest BCUT2D eigenvalue weighted by molar-refractivity contribution is -0.137. The number of amides is 1. The summed E-state index contributed by atoms with van der Waals surface area (Å²) in [6.07, 6.45) is -2.42. The monoisotopic (exact) mass is 409 g/mol. The first-order valence-corrected chi connectivity index (χ1v) is 9.46. The fraction of sp³-hybridized carbons (Fsp3) is 0.409. The van der Waals surface area contributed by atoms with Gasteiger partial charge in [0.05, 0.1) is 25.8 Å². The van der Waals surface area contributed by atoms with E-state index < -0.39 is 17.8 Å². The molecule has 7 heteroatoms. The van der Waals surface area contributed by atoms with Crippen molar-refractivity contribution in [2.75, 3.05) is 14.2 Å². The molecule has 0 unspecified atom stereocenters. The lowest BCUT2D eigenvalue weighted by Gasteiger charge is -2.20. The van der Waals surface area contributed by atoms with Crippen LogP contribution in [0.15, 0.2) is 42.5 Å². The average Bonchev–Trinajstić information content (AvgIpc) is 2.71. The maximum Gasteiger partial charge on any atom is 0.416 e. The molecule has 0 bridgehead atoms. The number of carbonyl (C=O) groups excluding carboxylic acids is 1. The van der Waals surface area contributed by atoms with Gasteiger partial charge in [-0.05, 0) is 48.2 Å². The normalized spacial score (nSPS) is 12.3. The predicted octanol–water partition coefficient (Wildman–Crippen LogP) is 5.31. The van der Waals surface area contributed by atoms with Gasteiger partial charge < -0.3 is 14.8 Å². The molecule has 2 aromatic rings. The van der Waals surface area contributed by atoms with Crippen molar-refractivity contribution in [3.8, 4) is 11.5 Å². The number of nitrogens with one attached hydrogen (secondary N) is 1. The van der Waals surface area contributed by atoms with Gasteiger partial charge in [0.15, 0.2) is 11.5 Å². The molecule has 0 aliphatic carbocycles. The van der Waals surface area contributed by atoms with Crippen molar-refractivity contribution in [2.24, 2.45) is 0 Å². The van der Waals surface area contributed by atoms with Crippen LogP contribution in [-0.4, -0.2) is 20.1 Å². The number of rotatable bonds is 9. The molecule has 29 heavy (non-hydrogen) atoms. The molecule has 1 atom stereocenters. The number of alkyl halides is 3. The van der Waals surface area contributed by atoms with Crippen LogP contribution in [0.2, 0.25) is 0 Å². The third kappa shape index (κ3) is 6.41. The van der Waals surface area contributed by atoms with E-state index >= 15 is 0 Å². The molecule has 2 aromatic carbocycles. The second kappa shape index (κ2) is 10.2. The fourth-order valence-corrected chi connectivity index (χ4v) is 3.10. The summed E-state index contributed by atoms with van der Waals surface area (Å²) in [7, 11) is 3.09. The van der Waals surface area contributed by atoms with Crippen molar-refractivity contribution < 1.29 is 27.4 Å². The Labute approximate surface area is 169 Å². The highest BCUT2D eigenvalue weighted by atomic mass is 19.4. The molecule has 1 N–H and O–H groups in total. The standard InChI is InChI=1S/C22H26F3NO3/c1-4-6-18(16-7-5-8-17(14-16)22(23,24)25)26-21(27)12-10-15-9-11-19(28-2)20(13-15)29-3/h5,7-9,11,13-14,18H,4,6,10,12H2,1-3H3,(H,26,27)/t18-/m0/s1. The van der Waals surface area contributed by atoms with E-state index in [2.05, 4.69) is 5.32 Å². The summed E-state index contributed by atoms with van der Waals surface area (Å²) in [6.45, 7) is 1.93. The number of methoxy groups -OCH3 is 2. The van der Waals surface area contributed by atoms with Gasteiger partial charge in [-0.15, -0.1) is 0 Å². The highest BCUT2D eigenvalue weighted by Gasteiger charge is 2.31. The maximum atomic E-state index is 13.0. The Hall–Kier alpha value is -2.70. The number of halogens is 3. The summed E-state index contributed by atoms with van der Waals surface area (Å²) in [6, 6.07) is 10.1. The summed E-state index contributed by atoms with van der Waals surface area (Å²) >= 11 is 0. The van der Waals surface area contributed by atoms with Crippen molar-refractivity contribution in [1.29, 1.82) is 0 Å². The largest absolute Gasteiger partial charge is 0.493 e. The fourth-order valence-electron chi connectivity index (χ4n) is 3.10. The molecule has 0 aromatic heterocycles. The molecule has 0 saturated carbocycles. The first-order chi connectivity index (χ1) is 13.8. The molecular weight excluding hydrogens is 383 g/mol. The van der Waals surface area contributed by atoms with Gasteiger partial charge in [-0.1, -0.05) is 31.5 Å². The Morgan fingerprint density at radius 1 is 1.07 bits per heavy atom. The highest BCUT2D eigenvalue weighted by molar-refractivity contribution is 5.76. The molecule has 0 spiro atoms. The van der Waals surface area contributed by atoms with Gasteiger partial charge in [0, 0.05) is 6.42 Å². The number of benzene rings is 2. The second-order valence-corrected chi connectivity index (χ2v) is 6.72. The molecule has 4 nitrogen and oxygen atoms in total. The second-order valence-electron chi connectivity index (χ2n) is 6.72. The Morgan fingerprint density at radius 2 is 1.79 bits per heavy atom. The van der Waals surface area contributed by atoms with Crippen LogP contribution in [0.5, 0.6) is 11.5 Å². The molecule has 0 aliphatic rings. The van der Waals surface area contributed by atoms with Crippen LogP contribution in [0.1, 0.15) is 48.9 Å². The molecule has 0 fully saturated rings. The Morgan fingerprint density at radius 3 is 2.41 bits per heavy atom. The number of ether oxygens (including phenoxy) is 2. The van der Waals surface area contributed by atoms with E-state index in [0.717, 1.165) is 24.1 Å². The maximum absolute atomic E-state index is 13.0. The van der Waals surface area contributed by atoms with Crippen LogP contribution in [0.3, 0.4) is 0 Å². The van der Waals surface area contributed by atoms with E-state index in [9.17, 15) is 18.0 Å². The Balaban J connectivity index is 2.05. The van der Waals surface area contributed by atoms with E-state index in [1.165, 1.54) is 6.07 Å². The van der Waals surface area contributed by atoms with E-state index in [1.54, 1.807) is 26.4 Å². The summed E-state index contributed by atoms with van der Waals surface area (Å²) in [5.74, 6) is 0.974. The van der Waals surface area contributed by atoms with Crippen LogP contribution >= 0.6 is 0 Å². The van der Waals surface area contributed by atoms with E-state index in [-0.39, 0.29) is 12.3 Å². The highest BCUT2D eigenvalue weighted by Crippen LogP contribution is 2.32. The van der Waals surface area contributed by atoms with Crippen molar-refractivity contribution in [2.45, 2.75) is 44.8 Å². The van der Waals surface area contributed by atoms with Crippen LogP contribution < -0.4 is 14.8 Å². The summed E-state index contributed by atoms with van der Waals surface area (Å²) in [5, 5.41) is 2.87. The quantitative estimate of drug-likeness (QED) is 0.610. The molecule has 1 amide bonds. The average molecular weight is 409 g/mol. The zero-order valence-corrected chi connectivity index (χ0v) is 16.8. The predicted molar refractivity (Wildman–Crippen MR) is 105 cm³/mol. The lowest BCUT2D eigenvalue weighted by atomic mass is 9.99. The zero-order chi connectivity index (χ0) is 21.4. The van der Waals surface area contributed by atoms with Crippen molar-refractivity contribution in [1.82, 2.24) is 5.32 Å². The first-order valence-electron chi connectivity index (χ1n) is 9.46. The molecule has 0 heterocycles. The number of aryl methyl sites for hydroxylation is 1. The van der Waals surface area contributed by atoms with Gasteiger partial charge in [0.2, 0.25) is 5.91 Å². The minimum Gasteiger partial charge on any atom is -0.493 e. The number of hydrogen-bond acceptors (Lipinski definition) is 3. The van der Waals surface area contributed by atoms with Gasteiger partial charge in [-0.3, -0.25) is 4.79 Å². The smallest absolute Gasteiger partial charge is 0.416 e. The first kappa shape index (κ1) is 22.6. The van der Waals surface area contributed by atoms with Crippen LogP contribution in [0.25, 0.3) is 0 Å². The third-order valence-corrected chi connectivity index (χ3v) is 4.62. The molecular formula is C22H26F3NO3. The molecule has 0 saturated heterocycles. The zero-order valence-electron chi connectivity index (χ0n) is 16.8. The van der Waals surface area contributed by atoms with Crippen molar-refractivity contribution >= 4 is 5.91 Å². The van der Waals surface area contributed by atoms with Crippen molar-refractivity contribution in [3.05, 3.63) is 59.2 Å². The van der Waals surface area contributed by atoms with Gasteiger partial charge in [-0.25, -0.2) is 0 Å². The van der Waals surface area contributed by atoms with E-state index in [0.29, 0.717) is 29.9 Å². The van der Waals surface area contributed by atoms with E-state index in [1.807, 2.05) is 19.1 Å². The summed E-state index contributed by atoms with van der Waals surface area (Å²) in [4.78, 5) is 12.4. The Bertz CT molecular complexity index is 821. The van der Waals surface area contributed by atoms with Crippen LogP contribution in [-0.2, 0) is 17.4 Å². The summed E-state index contributed by atoms with van der Waals surface area (Å²) < 4.78 is 49.4. The SMILES string of the molecule is CCC[C@H](NC(=O)CCc1ccc(OC)c(OC)c1)c1cccc(C(F)(F)F)c1. The third-order valence-electron chi connectivity index (χ3n) is 4.62. The molecule has 2 rings (SSSR count). The molecule has 0 aliphatic heterocycles. The van der Waals surface area contributed by atoms with Crippen molar-refractivity contribution in [3.63, 3.8) is 0 Å². The lowest BCUT2D eigenvalue weighted by Crippen LogP contribution is -2.29. The Kier molecular flexibility index (Phi) is 7.93. The minimum atomic E-state index is -4.41. The molecule has 0 radical (unpaired) electrons. The topological polar surface area (TPSA) is 47.6 Å². The van der Waals surface area contributed by atoms with Gasteiger partial charge >= 0.3 is 6.18 Å². The minimum absolute atomic E-state index is 0.212. The van der Waals surface area contributed by atoms with Crippen LogP contribution in [0, 0.1) is 0 Å². The van der Waals surface area contributed by atoms with Gasteiger partial charge in [-0.2, -0.15) is 13.2 Å². The number of carbonyl (C=O) groups is 1. The van der Waals surface area contributed by atoms with Crippen LogP contribution in [0.4, 0.5) is 13.2 Å². The molecule has 158 valence electrons. The number of hydrogen-bond donors (Lipinski definition) is 1. The van der Waals surface area contributed by atoms with Gasteiger partial charge in [0.25, 0.3) is 0 Å². The summed E-state index contributed by atoms with van der Waals surface area (Å²) in [5.41, 5.74) is 0.653. The van der Waals surface area contributed by atoms with Gasteiger partial charge in [0.1, 0.15) is 0 Å². The van der Waals surface area contributed by atoms with E-state index in [4.69, 9.17) is 9.47 Å².